The van der Waals surface area contributed by atoms with Crippen molar-refractivity contribution in [2.45, 2.75) is 32.7 Å². The van der Waals surface area contributed by atoms with Crippen LogP contribution in [0.25, 0.3) is 10.9 Å². The lowest BCUT2D eigenvalue weighted by atomic mass is 9.97. The van der Waals surface area contributed by atoms with E-state index in [-0.39, 0.29) is 0 Å². The maximum absolute atomic E-state index is 6.01. The number of benzene rings is 1. The standard InChI is InChI=1S/C17H21N3S/c1-3-20-12(2)15(14-6-4-5-7-16(14)20)10-13(11-18)17-19-8-9-21-17/h4-9,13H,3,10-11,18H2,1-2H3. The Balaban J connectivity index is 2.06. The summed E-state index contributed by atoms with van der Waals surface area (Å²) in [5.74, 6) is 0.305. The highest BCUT2D eigenvalue weighted by atomic mass is 32.1. The van der Waals surface area contributed by atoms with Crippen LogP contribution >= 0.6 is 11.3 Å². The maximum Gasteiger partial charge on any atom is 0.0971 e. The summed E-state index contributed by atoms with van der Waals surface area (Å²) in [5, 5.41) is 4.53. The van der Waals surface area contributed by atoms with Crippen molar-refractivity contribution in [3.8, 4) is 0 Å². The van der Waals surface area contributed by atoms with Crippen molar-refractivity contribution in [2.24, 2.45) is 5.73 Å². The fourth-order valence-electron chi connectivity index (χ4n) is 3.12. The van der Waals surface area contributed by atoms with Gasteiger partial charge in [-0.3, -0.25) is 0 Å². The molecule has 0 aliphatic rings. The van der Waals surface area contributed by atoms with Gasteiger partial charge >= 0.3 is 0 Å². The highest BCUT2D eigenvalue weighted by molar-refractivity contribution is 7.09. The number of aromatic nitrogens is 2. The van der Waals surface area contributed by atoms with Gasteiger partial charge in [0, 0.05) is 47.2 Å². The van der Waals surface area contributed by atoms with Crippen LogP contribution < -0.4 is 5.73 Å². The van der Waals surface area contributed by atoms with E-state index in [2.05, 4.69) is 47.7 Å². The van der Waals surface area contributed by atoms with Gasteiger partial charge in [0.2, 0.25) is 0 Å². The average Bonchev–Trinajstić information content (AvgIpc) is 3.11. The van der Waals surface area contributed by atoms with Gasteiger partial charge in [-0.1, -0.05) is 18.2 Å². The van der Waals surface area contributed by atoms with Gasteiger partial charge in [0.25, 0.3) is 0 Å². The van der Waals surface area contributed by atoms with E-state index in [1.165, 1.54) is 22.2 Å². The van der Waals surface area contributed by atoms with Crippen LogP contribution in [0.1, 0.15) is 29.1 Å². The number of para-hydroxylation sites is 1. The lowest BCUT2D eigenvalue weighted by molar-refractivity contribution is 0.680. The van der Waals surface area contributed by atoms with Gasteiger partial charge in [-0.15, -0.1) is 11.3 Å². The number of rotatable bonds is 5. The Hall–Kier alpha value is -1.65. The van der Waals surface area contributed by atoms with Gasteiger partial charge in [-0.05, 0) is 31.9 Å². The summed E-state index contributed by atoms with van der Waals surface area (Å²) < 4.78 is 2.39. The van der Waals surface area contributed by atoms with Crippen molar-refractivity contribution in [3.05, 3.63) is 52.1 Å². The van der Waals surface area contributed by atoms with E-state index in [1.54, 1.807) is 11.3 Å². The fourth-order valence-corrected chi connectivity index (χ4v) is 3.88. The smallest absolute Gasteiger partial charge is 0.0971 e. The quantitative estimate of drug-likeness (QED) is 0.780. The third-order valence-electron chi connectivity index (χ3n) is 4.21. The fraction of sp³-hybridized carbons (Fsp3) is 0.353. The van der Waals surface area contributed by atoms with Gasteiger partial charge in [0.1, 0.15) is 0 Å². The molecule has 0 saturated carbocycles. The summed E-state index contributed by atoms with van der Waals surface area (Å²) in [5.41, 5.74) is 10.1. The molecule has 2 heterocycles. The van der Waals surface area contributed by atoms with Crippen LogP contribution in [0.15, 0.2) is 35.8 Å². The molecule has 3 aromatic rings. The Bertz CT molecular complexity index is 728. The van der Waals surface area contributed by atoms with E-state index in [0.29, 0.717) is 12.5 Å². The van der Waals surface area contributed by atoms with E-state index < -0.39 is 0 Å². The molecule has 0 aliphatic carbocycles. The molecular formula is C17H21N3S. The first-order chi connectivity index (χ1) is 10.3. The Morgan fingerprint density at radius 2 is 2.14 bits per heavy atom. The van der Waals surface area contributed by atoms with Crippen molar-refractivity contribution >= 4 is 22.2 Å². The predicted molar refractivity (Wildman–Crippen MR) is 90.0 cm³/mol. The van der Waals surface area contributed by atoms with Crippen LogP contribution in [0.4, 0.5) is 0 Å². The van der Waals surface area contributed by atoms with E-state index in [1.807, 2.05) is 11.6 Å². The normalized spacial score (nSPS) is 12.9. The highest BCUT2D eigenvalue weighted by Gasteiger charge is 2.19. The molecule has 0 spiro atoms. The van der Waals surface area contributed by atoms with Gasteiger partial charge in [0.15, 0.2) is 0 Å². The first-order valence-electron chi connectivity index (χ1n) is 7.42. The van der Waals surface area contributed by atoms with Crippen LogP contribution in [-0.2, 0) is 13.0 Å². The van der Waals surface area contributed by atoms with E-state index in [9.17, 15) is 0 Å². The second kappa shape index (κ2) is 6.00. The largest absolute Gasteiger partial charge is 0.345 e. The lowest BCUT2D eigenvalue weighted by Gasteiger charge is -2.12. The minimum atomic E-state index is 0.305. The molecule has 1 aromatic carbocycles. The minimum absolute atomic E-state index is 0.305. The summed E-state index contributed by atoms with van der Waals surface area (Å²) in [7, 11) is 0. The molecule has 110 valence electrons. The Labute approximate surface area is 129 Å². The summed E-state index contributed by atoms with van der Waals surface area (Å²) in [4.78, 5) is 4.45. The molecular weight excluding hydrogens is 278 g/mol. The van der Waals surface area contributed by atoms with Crippen LogP contribution in [0, 0.1) is 6.92 Å². The molecule has 2 aromatic heterocycles. The van der Waals surface area contributed by atoms with Crippen molar-refractivity contribution in [2.75, 3.05) is 6.54 Å². The summed E-state index contributed by atoms with van der Waals surface area (Å²) in [6.07, 6.45) is 2.83. The third kappa shape index (κ3) is 2.49. The molecule has 0 fully saturated rings. The number of hydrogen-bond donors (Lipinski definition) is 1. The number of hydrogen-bond acceptors (Lipinski definition) is 3. The van der Waals surface area contributed by atoms with Crippen molar-refractivity contribution in [1.82, 2.24) is 9.55 Å². The van der Waals surface area contributed by atoms with Crippen molar-refractivity contribution < 1.29 is 0 Å². The summed E-state index contributed by atoms with van der Waals surface area (Å²) in [6.45, 7) is 6.05. The monoisotopic (exact) mass is 299 g/mol. The van der Waals surface area contributed by atoms with Crippen molar-refractivity contribution in [3.63, 3.8) is 0 Å². The molecule has 2 N–H and O–H groups in total. The maximum atomic E-state index is 6.01. The zero-order valence-corrected chi connectivity index (χ0v) is 13.4. The minimum Gasteiger partial charge on any atom is -0.345 e. The second-order valence-corrected chi connectivity index (χ2v) is 6.26. The molecule has 0 bridgehead atoms. The number of aryl methyl sites for hydroxylation is 1. The van der Waals surface area contributed by atoms with Crippen LogP contribution in [0.5, 0.6) is 0 Å². The number of nitrogens with two attached hydrogens (primary N) is 1. The zero-order valence-electron chi connectivity index (χ0n) is 12.5. The second-order valence-electron chi connectivity index (χ2n) is 5.33. The Morgan fingerprint density at radius 1 is 1.33 bits per heavy atom. The number of thiazole rings is 1. The van der Waals surface area contributed by atoms with Crippen LogP contribution in [0.2, 0.25) is 0 Å². The molecule has 3 rings (SSSR count). The lowest BCUT2D eigenvalue weighted by Crippen LogP contribution is -2.15. The highest BCUT2D eigenvalue weighted by Crippen LogP contribution is 2.31. The van der Waals surface area contributed by atoms with Crippen LogP contribution in [-0.4, -0.2) is 16.1 Å². The average molecular weight is 299 g/mol. The zero-order chi connectivity index (χ0) is 14.8. The van der Waals surface area contributed by atoms with E-state index in [0.717, 1.165) is 18.0 Å². The molecule has 4 heteroatoms. The Morgan fingerprint density at radius 3 is 2.81 bits per heavy atom. The molecule has 1 atom stereocenters. The predicted octanol–water partition coefficient (Wildman–Crippen LogP) is 3.71. The molecule has 3 nitrogen and oxygen atoms in total. The number of fused-ring (bicyclic) bond motifs is 1. The summed E-state index contributed by atoms with van der Waals surface area (Å²) >= 11 is 1.70. The molecule has 21 heavy (non-hydrogen) atoms. The van der Waals surface area contributed by atoms with Crippen LogP contribution in [0.3, 0.4) is 0 Å². The first kappa shape index (κ1) is 14.3. The van der Waals surface area contributed by atoms with Gasteiger partial charge in [-0.2, -0.15) is 0 Å². The van der Waals surface area contributed by atoms with E-state index in [4.69, 9.17) is 5.73 Å². The summed E-state index contributed by atoms with van der Waals surface area (Å²) in [6, 6.07) is 8.65. The van der Waals surface area contributed by atoms with Gasteiger partial charge < -0.3 is 10.3 Å². The van der Waals surface area contributed by atoms with Gasteiger partial charge in [0.05, 0.1) is 5.01 Å². The van der Waals surface area contributed by atoms with Crippen molar-refractivity contribution in [1.29, 1.82) is 0 Å². The topological polar surface area (TPSA) is 43.8 Å². The Kier molecular flexibility index (Phi) is 4.08. The van der Waals surface area contributed by atoms with E-state index >= 15 is 0 Å². The molecule has 0 amide bonds. The SMILES string of the molecule is CCn1c(C)c(CC(CN)c2nccs2)c2ccccc21. The molecule has 0 aliphatic heterocycles. The molecule has 1 unspecified atom stereocenters. The molecule has 0 radical (unpaired) electrons. The first-order valence-corrected chi connectivity index (χ1v) is 8.30. The van der Waals surface area contributed by atoms with Gasteiger partial charge in [-0.25, -0.2) is 4.98 Å². The number of nitrogens with zero attached hydrogens (tertiary/aromatic N) is 2. The third-order valence-corrected chi connectivity index (χ3v) is 5.15. The molecule has 0 saturated heterocycles.